The molecule has 0 N–H and O–H groups in total. The predicted octanol–water partition coefficient (Wildman–Crippen LogP) is 2.32. The van der Waals surface area contributed by atoms with Crippen LogP contribution in [0.15, 0.2) is 10.2 Å². The average molecular weight is 190 g/mol. The molecule has 1 unspecified atom stereocenters. The van der Waals surface area contributed by atoms with Crippen molar-refractivity contribution in [3.8, 4) is 0 Å². The molecule has 0 aromatic carbocycles. The largest absolute Gasteiger partial charge is 0.275 e. The topological polar surface area (TPSA) is 41.8 Å². The summed E-state index contributed by atoms with van der Waals surface area (Å²) in [5.74, 6) is 0. The molecule has 0 radical (unpaired) electrons. The Labute approximate surface area is 74.4 Å². The standard InChI is InChI=1S/C6H10N2OS2/c1-6(2)4(8-9)10-5(7-3)11-6/h4H,1-3H3. The first-order chi connectivity index (χ1) is 5.10. The van der Waals surface area contributed by atoms with Gasteiger partial charge in [0, 0.05) is 7.05 Å². The van der Waals surface area contributed by atoms with E-state index in [1.807, 2.05) is 13.8 Å². The van der Waals surface area contributed by atoms with Crippen LogP contribution in [0.5, 0.6) is 0 Å². The molecule has 0 amide bonds. The van der Waals surface area contributed by atoms with Gasteiger partial charge in [0.1, 0.15) is 4.38 Å². The molecule has 1 fully saturated rings. The molecule has 1 saturated heterocycles. The Morgan fingerprint density at radius 1 is 1.55 bits per heavy atom. The summed E-state index contributed by atoms with van der Waals surface area (Å²) in [5.41, 5.74) is 0. The van der Waals surface area contributed by atoms with Crippen LogP contribution in [0.4, 0.5) is 0 Å². The molecule has 1 heterocycles. The highest BCUT2D eigenvalue weighted by atomic mass is 32.2. The molecule has 11 heavy (non-hydrogen) atoms. The van der Waals surface area contributed by atoms with Crippen LogP contribution in [0.1, 0.15) is 13.8 Å². The smallest absolute Gasteiger partial charge is 0.158 e. The van der Waals surface area contributed by atoms with E-state index in [-0.39, 0.29) is 10.1 Å². The number of thioether (sulfide) groups is 2. The first-order valence-corrected chi connectivity index (χ1v) is 4.94. The quantitative estimate of drug-likeness (QED) is 0.596. The van der Waals surface area contributed by atoms with E-state index in [4.69, 9.17) is 0 Å². The predicted molar refractivity (Wildman–Crippen MR) is 52.2 cm³/mol. The maximum atomic E-state index is 10.3. The van der Waals surface area contributed by atoms with Gasteiger partial charge in [0.15, 0.2) is 5.37 Å². The van der Waals surface area contributed by atoms with Crippen molar-refractivity contribution in [3.05, 3.63) is 4.91 Å². The van der Waals surface area contributed by atoms with Gasteiger partial charge in [-0.15, -0.1) is 4.91 Å². The van der Waals surface area contributed by atoms with Gasteiger partial charge in [0.2, 0.25) is 0 Å². The third kappa shape index (κ3) is 1.76. The monoisotopic (exact) mass is 190 g/mol. The Balaban J connectivity index is 2.78. The highest BCUT2D eigenvalue weighted by Gasteiger charge is 2.41. The molecule has 0 spiro atoms. The van der Waals surface area contributed by atoms with Crippen molar-refractivity contribution in [1.29, 1.82) is 0 Å². The molecular weight excluding hydrogens is 180 g/mol. The fourth-order valence-corrected chi connectivity index (χ4v) is 3.49. The molecular formula is C6H10N2OS2. The summed E-state index contributed by atoms with van der Waals surface area (Å²) in [7, 11) is 1.73. The molecule has 0 bridgehead atoms. The van der Waals surface area contributed by atoms with Crippen LogP contribution >= 0.6 is 23.5 Å². The Morgan fingerprint density at radius 3 is 2.45 bits per heavy atom. The Bertz CT molecular complexity index is 203. The molecule has 3 nitrogen and oxygen atoms in total. The van der Waals surface area contributed by atoms with Crippen molar-refractivity contribution in [2.24, 2.45) is 10.2 Å². The first kappa shape index (κ1) is 9.06. The molecule has 1 atom stereocenters. The number of hydrogen-bond acceptors (Lipinski definition) is 5. The van der Waals surface area contributed by atoms with Crippen LogP contribution < -0.4 is 0 Å². The van der Waals surface area contributed by atoms with Crippen molar-refractivity contribution in [2.75, 3.05) is 7.05 Å². The minimum atomic E-state index is -0.189. The highest BCUT2D eigenvalue weighted by molar-refractivity contribution is 8.42. The lowest BCUT2D eigenvalue weighted by atomic mass is 10.2. The average Bonchev–Trinajstić information content (AvgIpc) is 2.24. The van der Waals surface area contributed by atoms with Gasteiger partial charge in [-0.1, -0.05) is 28.7 Å². The van der Waals surface area contributed by atoms with Crippen molar-refractivity contribution in [1.82, 2.24) is 0 Å². The fraction of sp³-hybridized carbons (Fsp3) is 0.833. The fourth-order valence-electron chi connectivity index (χ4n) is 0.784. The van der Waals surface area contributed by atoms with Gasteiger partial charge in [-0.25, -0.2) is 0 Å². The molecule has 0 aliphatic carbocycles. The van der Waals surface area contributed by atoms with Crippen LogP contribution in [0.25, 0.3) is 0 Å². The Morgan fingerprint density at radius 2 is 2.18 bits per heavy atom. The molecule has 62 valence electrons. The summed E-state index contributed by atoms with van der Waals surface area (Å²) in [4.78, 5) is 14.4. The maximum Gasteiger partial charge on any atom is 0.158 e. The van der Waals surface area contributed by atoms with Crippen molar-refractivity contribution >= 4 is 27.9 Å². The molecule has 0 saturated carbocycles. The van der Waals surface area contributed by atoms with E-state index in [1.165, 1.54) is 11.8 Å². The minimum Gasteiger partial charge on any atom is -0.275 e. The van der Waals surface area contributed by atoms with E-state index in [0.717, 1.165) is 4.38 Å². The molecule has 0 aromatic rings. The first-order valence-electron chi connectivity index (χ1n) is 3.25. The molecule has 5 heteroatoms. The number of aliphatic imine (C=N–C) groups is 1. The SMILES string of the molecule is CN=C1SC(N=O)C(C)(C)S1. The van der Waals surface area contributed by atoms with Gasteiger partial charge in [0.05, 0.1) is 4.75 Å². The van der Waals surface area contributed by atoms with E-state index in [0.29, 0.717) is 0 Å². The van der Waals surface area contributed by atoms with Gasteiger partial charge in [-0.05, 0) is 13.8 Å². The Kier molecular flexibility index (Phi) is 2.59. The van der Waals surface area contributed by atoms with Gasteiger partial charge < -0.3 is 0 Å². The van der Waals surface area contributed by atoms with Gasteiger partial charge >= 0.3 is 0 Å². The second-order valence-electron chi connectivity index (χ2n) is 2.77. The van der Waals surface area contributed by atoms with Crippen molar-refractivity contribution < 1.29 is 0 Å². The number of nitrogens with zero attached hydrogens (tertiary/aromatic N) is 2. The zero-order valence-electron chi connectivity index (χ0n) is 6.70. The zero-order chi connectivity index (χ0) is 8.48. The molecule has 1 rings (SSSR count). The molecule has 0 aromatic heterocycles. The summed E-state index contributed by atoms with van der Waals surface area (Å²) >= 11 is 3.07. The minimum absolute atomic E-state index is 0.0960. The summed E-state index contributed by atoms with van der Waals surface area (Å²) in [6, 6.07) is 0. The normalized spacial score (nSPS) is 32.6. The van der Waals surface area contributed by atoms with E-state index in [1.54, 1.807) is 18.8 Å². The van der Waals surface area contributed by atoms with Crippen LogP contribution in [0.3, 0.4) is 0 Å². The van der Waals surface area contributed by atoms with Crippen LogP contribution in [-0.2, 0) is 0 Å². The van der Waals surface area contributed by atoms with Gasteiger partial charge in [-0.2, -0.15) is 0 Å². The highest BCUT2D eigenvalue weighted by Crippen LogP contribution is 2.47. The van der Waals surface area contributed by atoms with E-state index in [9.17, 15) is 4.91 Å². The van der Waals surface area contributed by atoms with Gasteiger partial charge in [-0.3, -0.25) is 4.99 Å². The third-order valence-electron chi connectivity index (χ3n) is 1.44. The van der Waals surface area contributed by atoms with Crippen LogP contribution in [-0.4, -0.2) is 21.5 Å². The van der Waals surface area contributed by atoms with E-state index >= 15 is 0 Å². The second kappa shape index (κ2) is 3.15. The second-order valence-corrected chi connectivity index (χ2v) is 5.74. The van der Waals surface area contributed by atoms with Crippen molar-refractivity contribution in [2.45, 2.75) is 24.0 Å². The summed E-state index contributed by atoms with van der Waals surface area (Å²) in [5, 5.41) is 2.86. The van der Waals surface area contributed by atoms with Gasteiger partial charge in [0.25, 0.3) is 0 Å². The molecule has 1 aliphatic heterocycles. The number of hydrogen-bond donors (Lipinski definition) is 0. The maximum absolute atomic E-state index is 10.3. The number of nitroso groups, excluding NO2 is 1. The lowest BCUT2D eigenvalue weighted by Gasteiger charge is -2.16. The van der Waals surface area contributed by atoms with Crippen LogP contribution in [0, 0.1) is 4.91 Å². The van der Waals surface area contributed by atoms with Crippen LogP contribution in [0.2, 0.25) is 0 Å². The summed E-state index contributed by atoms with van der Waals surface area (Å²) < 4.78 is 0.862. The molecule has 1 aliphatic rings. The number of rotatable bonds is 1. The Hall–Kier alpha value is -0.0300. The summed E-state index contributed by atoms with van der Waals surface area (Å²) in [6.45, 7) is 4.02. The lowest BCUT2D eigenvalue weighted by Crippen LogP contribution is -2.22. The summed E-state index contributed by atoms with van der Waals surface area (Å²) in [6.07, 6.45) is 0. The zero-order valence-corrected chi connectivity index (χ0v) is 8.33. The van der Waals surface area contributed by atoms with E-state index < -0.39 is 0 Å². The van der Waals surface area contributed by atoms with Crippen molar-refractivity contribution in [3.63, 3.8) is 0 Å². The lowest BCUT2D eigenvalue weighted by molar-refractivity contribution is 0.689. The van der Waals surface area contributed by atoms with E-state index in [2.05, 4.69) is 10.2 Å². The third-order valence-corrected chi connectivity index (χ3v) is 4.51.